The Bertz CT molecular complexity index is 1400. The molecular weight excluding hydrogens is 478 g/mol. The third-order valence-electron chi connectivity index (χ3n) is 5.34. The summed E-state index contributed by atoms with van der Waals surface area (Å²) in [4.78, 5) is 12.7. The van der Waals surface area contributed by atoms with Crippen molar-refractivity contribution >= 4 is 23.1 Å². The van der Waals surface area contributed by atoms with E-state index in [1.807, 2.05) is 17.9 Å². The fourth-order valence-electron chi connectivity index (χ4n) is 3.40. The number of aryl methyl sites for hydroxylation is 1. The van der Waals surface area contributed by atoms with Gasteiger partial charge in [-0.1, -0.05) is 23.4 Å². The molecule has 0 fully saturated rings. The van der Waals surface area contributed by atoms with E-state index >= 15 is 0 Å². The zero-order chi connectivity index (χ0) is 25.7. The van der Waals surface area contributed by atoms with Crippen LogP contribution in [0, 0.1) is 11.8 Å². The fraction of sp³-hybridized carbons (Fsp3) is 0.320. The molecule has 0 aliphatic rings. The molecule has 4 aromatic heterocycles. The van der Waals surface area contributed by atoms with Gasteiger partial charge in [-0.25, -0.2) is 19.6 Å². The minimum atomic E-state index is 0.0630. The van der Waals surface area contributed by atoms with Gasteiger partial charge in [0.15, 0.2) is 5.82 Å². The van der Waals surface area contributed by atoms with Gasteiger partial charge in [0.1, 0.15) is 16.5 Å². The first-order valence-corrected chi connectivity index (χ1v) is 11.9. The number of hydrogen-bond donors (Lipinski definition) is 2. The Balaban J connectivity index is 1.41. The molecule has 10 nitrogen and oxygen atoms in total. The molecule has 0 unspecified atom stereocenters. The van der Waals surface area contributed by atoms with E-state index in [0.717, 1.165) is 16.8 Å². The molecular formula is C25H28ClN9O. The van der Waals surface area contributed by atoms with Gasteiger partial charge in [0.25, 0.3) is 0 Å². The molecule has 0 radical (unpaired) electrons. The molecule has 0 aliphatic carbocycles. The maximum absolute atomic E-state index is 6.16. The van der Waals surface area contributed by atoms with Gasteiger partial charge in [-0.3, -0.25) is 4.68 Å². The van der Waals surface area contributed by atoms with E-state index in [4.69, 9.17) is 22.1 Å². The lowest BCUT2D eigenvalue weighted by Gasteiger charge is -2.17. The van der Waals surface area contributed by atoms with E-state index in [1.165, 1.54) is 0 Å². The molecule has 0 saturated heterocycles. The van der Waals surface area contributed by atoms with Crippen molar-refractivity contribution in [3.05, 3.63) is 59.4 Å². The molecule has 0 spiro atoms. The topological polar surface area (TPSA) is 122 Å². The van der Waals surface area contributed by atoms with Crippen LogP contribution in [0.3, 0.4) is 0 Å². The van der Waals surface area contributed by atoms with Crippen molar-refractivity contribution in [2.45, 2.75) is 39.3 Å². The first-order chi connectivity index (χ1) is 17.3. The molecule has 0 saturated carbocycles. The highest BCUT2D eigenvalue weighted by molar-refractivity contribution is 6.29. The van der Waals surface area contributed by atoms with Gasteiger partial charge in [-0.2, -0.15) is 10.2 Å². The van der Waals surface area contributed by atoms with Gasteiger partial charge in [-0.15, -0.1) is 0 Å². The first kappa shape index (κ1) is 25.0. The van der Waals surface area contributed by atoms with Crippen LogP contribution in [0.15, 0.2) is 43.1 Å². The van der Waals surface area contributed by atoms with E-state index in [9.17, 15) is 0 Å². The molecule has 36 heavy (non-hydrogen) atoms. The highest BCUT2D eigenvalue weighted by Gasteiger charge is 2.16. The van der Waals surface area contributed by atoms with Crippen LogP contribution in [-0.4, -0.2) is 47.2 Å². The highest BCUT2D eigenvalue weighted by atomic mass is 35.5. The first-order valence-electron chi connectivity index (χ1n) is 11.5. The molecule has 4 rings (SSSR count). The SMILES string of the molecule is CC(C)n1cc(C#Cc2cnc(Cl)cc2N[C@@H](C)CCOc2c(-c3nccc(N)n3)cnn2C)cn1. The fourth-order valence-corrected chi connectivity index (χ4v) is 3.55. The Kier molecular flexibility index (Phi) is 7.71. The van der Waals surface area contributed by atoms with Crippen LogP contribution in [0.2, 0.25) is 5.15 Å². The Morgan fingerprint density at radius 1 is 1.14 bits per heavy atom. The summed E-state index contributed by atoms with van der Waals surface area (Å²) in [5.41, 5.74) is 8.88. The van der Waals surface area contributed by atoms with E-state index in [0.29, 0.717) is 41.3 Å². The minimum Gasteiger partial charge on any atom is -0.477 e. The summed E-state index contributed by atoms with van der Waals surface area (Å²) >= 11 is 6.16. The van der Waals surface area contributed by atoms with Crippen molar-refractivity contribution in [2.75, 3.05) is 17.7 Å². The molecule has 4 heterocycles. The van der Waals surface area contributed by atoms with Crippen LogP contribution in [0.25, 0.3) is 11.4 Å². The summed E-state index contributed by atoms with van der Waals surface area (Å²) in [6, 6.07) is 3.75. The van der Waals surface area contributed by atoms with E-state index in [-0.39, 0.29) is 12.1 Å². The molecule has 3 N–H and O–H groups in total. The molecule has 0 aromatic carbocycles. The molecule has 11 heteroatoms. The lowest BCUT2D eigenvalue weighted by atomic mass is 10.2. The number of halogens is 1. The maximum Gasteiger partial charge on any atom is 0.222 e. The Labute approximate surface area is 214 Å². The van der Waals surface area contributed by atoms with Crippen molar-refractivity contribution in [3.8, 4) is 29.1 Å². The lowest BCUT2D eigenvalue weighted by Crippen LogP contribution is -2.19. The largest absolute Gasteiger partial charge is 0.477 e. The third kappa shape index (κ3) is 6.12. The third-order valence-corrected chi connectivity index (χ3v) is 5.54. The number of hydrogen-bond acceptors (Lipinski definition) is 8. The Morgan fingerprint density at radius 2 is 1.97 bits per heavy atom. The van der Waals surface area contributed by atoms with Gasteiger partial charge >= 0.3 is 0 Å². The van der Waals surface area contributed by atoms with E-state index < -0.39 is 0 Å². The van der Waals surface area contributed by atoms with Gasteiger partial charge in [0.2, 0.25) is 5.88 Å². The zero-order valence-electron chi connectivity index (χ0n) is 20.6. The standard InChI is InChI=1S/C25H28ClN9O/c1-16(2)35-15-18(12-31-35)5-6-19-13-29-22(26)11-21(19)32-17(3)8-10-36-25-20(14-30-34(25)4)24-28-9-7-23(27)33-24/h7,9,11-17H,8,10H2,1-4H3,(H,29,32)(H2,27,28,33)/t17-/m0/s1. The van der Waals surface area contributed by atoms with Crippen molar-refractivity contribution < 1.29 is 4.74 Å². The van der Waals surface area contributed by atoms with Crippen molar-refractivity contribution in [1.29, 1.82) is 0 Å². The number of nitrogens with two attached hydrogens (primary N) is 1. The zero-order valence-corrected chi connectivity index (χ0v) is 21.4. The second kappa shape index (κ2) is 11.1. The molecule has 0 bridgehead atoms. The van der Waals surface area contributed by atoms with E-state index in [1.54, 1.807) is 41.6 Å². The second-order valence-corrected chi connectivity index (χ2v) is 8.97. The maximum atomic E-state index is 6.16. The summed E-state index contributed by atoms with van der Waals surface area (Å²) in [6.07, 6.45) is 9.33. The second-order valence-electron chi connectivity index (χ2n) is 8.58. The van der Waals surface area contributed by atoms with Crippen LogP contribution in [0.5, 0.6) is 5.88 Å². The Morgan fingerprint density at radius 3 is 2.72 bits per heavy atom. The predicted octanol–water partition coefficient (Wildman–Crippen LogP) is 3.95. The number of rotatable bonds is 8. The number of anilines is 2. The quantitative estimate of drug-likeness (QED) is 0.272. The molecule has 4 aromatic rings. The smallest absolute Gasteiger partial charge is 0.222 e. The van der Waals surface area contributed by atoms with E-state index in [2.05, 4.69) is 63.1 Å². The van der Waals surface area contributed by atoms with Crippen LogP contribution in [0.1, 0.15) is 44.4 Å². The highest BCUT2D eigenvalue weighted by Crippen LogP contribution is 2.27. The number of aromatic nitrogens is 7. The number of nitrogens with zero attached hydrogens (tertiary/aromatic N) is 7. The molecule has 186 valence electrons. The Hall–Kier alpha value is -4.10. The van der Waals surface area contributed by atoms with Gasteiger partial charge in [-0.05, 0) is 32.9 Å². The summed E-state index contributed by atoms with van der Waals surface area (Å²) in [7, 11) is 1.81. The average Bonchev–Trinajstić information content (AvgIpc) is 3.46. The summed E-state index contributed by atoms with van der Waals surface area (Å²) in [5.74, 6) is 7.76. The minimum absolute atomic E-state index is 0.0630. The number of nitrogen functional groups attached to an aromatic ring is 1. The van der Waals surface area contributed by atoms with Crippen molar-refractivity contribution in [3.63, 3.8) is 0 Å². The van der Waals surface area contributed by atoms with Crippen LogP contribution >= 0.6 is 11.6 Å². The molecule has 1 atom stereocenters. The monoisotopic (exact) mass is 505 g/mol. The number of ether oxygens (including phenoxy) is 1. The van der Waals surface area contributed by atoms with Gasteiger partial charge in [0, 0.05) is 44.1 Å². The van der Waals surface area contributed by atoms with Gasteiger partial charge in [0.05, 0.1) is 35.8 Å². The molecule has 0 amide bonds. The van der Waals surface area contributed by atoms with Crippen LogP contribution in [0.4, 0.5) is 11.5 Å². The van der Waals surface area contributed by atoms with Crippen LogP contribution in [-0.2, 0) is 7.05 Å². The summed E-state index contributed by atoms with van der Waals surface area (Å²) < 4.78 is 9.58. The van der Waals surface area contributed by atoms with Crippen molar-refractivity contribution in [1.82, 2.24) is 34.5 Å². The molecule has 0 aliphatic heterocycles. The predicted molar refractivity (Wildman–Crippen MR) is 140 cm³/mol. The normalized spacial score (nSPS) is 11.7. The summed E-state index contributed by atoms with van der Waals surface area (Å²) in [5, 5.41) is 12.5. The number of nitrogens with one attached hydrogen (secondary N) is 1. The lowest BCUT2D eigenvalue weighted by molar-refractivity contribution is 0.280. The number of pyridine rings is 1. The summed E-state index contributed by atoms with van der Waals surface area (Å²) in [6.45, 7) is 6.64. The van der Waals surface area contributed by atoms with Crippen LogP contribution < -0.4 is 15.8 Å². The van der Waals surface area contributed by atoms with Crippen molar-refractivity contribution in [2.24, 2.45) is 7.05 Å². The van der Waals surface area contributed by atoms with Gasteiger partial charge < -0.3 is 15.8 Å². The average molecular weight is 506 g/mol.